The first-order valence-electron chi connectivity index (χ1n) is 11.0. The van der Waals surface area contributed by atoms with Crippen molar-refractivity contribution in [1.82, 2.24) is 20.1 Å². The van der Waals surface area contributed by atoms with E-state index in [0.717, 1.165) is 44.9 Å². The number of carbonyl (C=O) groups is 3. The van der Waals surface area contributed by atoms with Crippen LogP contribution in [0.3, 0.4) is 0 Å². The smallest absolute Gasteiger partial charge is 0.322 e. The summed E-state index contributed by atoms with van der Waals surface area (Å²) in [5.74, 6) is -1.24. The molecule has 11 heteroatoms. The molecule has 2 aliphatic heterocycles. The van der Waals surface area contributed by atoms with Crippen LogP contribution in [0.1, 0.15) is 68.1 Å². The molecule has 2 saturated heterocycles. The van der Waals surface area contributed by atoms with Gasteiger partial charge < -0.3 is 5.32 Å². The molecule has 1 aromatic rings. The van der Waals surface area contributed by atoms with Crippen LogP contribution in [-0.4, -0.2) is 54.2 Å². The monoisotopic (exact) mass is 482 g/mol. The van der Waals surface area contributed by atoms with Gasteiger partial charge in [0.05, 0.1) is 5.02 Å². The maximum Gasteiger partial charge on any atom is 0.344 e. The molecule has 0 atom stereocenters. The van der Waals surface area contributed by atoms with Crippen molar-refractivity contribution in [1.29, 1.82) is 0 Å². The Bertz CT molecular complexity index is 1030. The number of hydrogen-bond donors (Lipinski definition) is 2. The minimum atomic E-state index is -3.88. The lowest BCUT2D eigenvalue weighted by Crippen LogP contribution is -2.50. The fourth-order valence-electron chi connectivity index (χ4n) is 4.65. The largest absolute Gasteiger partial charge is 0.344 e. The Morgan fingerprint density at radius 1 is 1.00 bits per heavy atom. The molecule has 1 aromatic carbocycles. The zero-order chi connectivity index (χ0) is 22.9. The second kappa shape index (κ2) is 8.99. The van der Waals surface area contributed by atoms with Gasteiger partial charge in [0.1, 0.15) is 10.4 Å². The van der Waals surface area contributed by atoms with Crippen molar-refractivity contribution >= 4 is 39.5 Å². The fourth-order valence-corrected chi connectivity index (χ4v) is 6.66. The number of urea groups is 1. The zero-order valence-electron chi connectivity index (χ0n) is 17.7. The Balaban J connectivity index is 1.55. The molecule has 0 radical (unpaired) electrons. The van der Waals surface area contributed by atoms with Crippen LogP contribution in [0.25, 0.3) is 0 Å². The number of benzene rings is 1. The van der Waals surface area contributed by atoms with E-state index in [1.165, 1.54) is 22.5 Å². The zero-order valence-corrected chi connectivity index (χ0v) is 19.3. The lowest BCUT2D eigenvalue weighted by atomic mass is 9.82. The molecular weight excluding hydrogens is 456 g/mol. The van der Waals surface area contributed by atoms with Gasteiger partial charge in [0.15, 0.2) is 0 Å². The number of halogens is 1. The first-order valence-corrected chi connectivity index (χ1v) is 12.8. The summed E-state index contributed by atoms with van der Waals surface area (Å²) >= 11 is 6.19. The third-order valence-corrected chi connectivity index (χ3v) is 8.84. The first-order chi connectivity index (χ1) is 15.2. The molecule has 0 unspecified atom stereocenters. The number of nitrogens with zero attached hydrogens (tertiary/aromatic N) is 2. The van der Waals surface area contributed by atoms with Crippen molar-refractivity contribution in [2.24, 2.45) is 0 Å². The maximum absolute atomic E-state index is 13.2. The van der Waals surface area contributed by atoms with Crippen molar-refractivity contribution in [2.75, 3.05) is 13.1 Å². The highest BCUT2D eigenvalue weighted by molar-refractivity contribution is 7.89. The van der Waals surface area contributed by atoms with Crippen molar-refractivity contribution in [3.05, 3.63) is 28.8 Å². The Morgan fingerprint density at radius 3 is 2.28 bits per heavy atom. The summed E-state index contributed by atoms with van der Waals surface area (Å²) in [5.41, 5.74) is 1.36. The molecule has 0 aromatic heterocycles. The lowest BCUT2D eigenvalue weighted by molar-refractivity contribution is -0.134. The van der Waals surface area contributed by atoms with Gasteiger partial charge >= 0.3 is 6.03 Å². The van der Waals surface area contributed by atoms with E-state index in [-0.39, 0.29) is 15.5 Å². The molecule has 4 rings (SSSR count). The van der Waals surface area contributed by atoms with Gasteiger partial charge in [-0.3, -0.25) is 15.0 Å². The van der Waals surface area contributed by atoms with Gasteiger partial charge in [-0.1, -0.05) is 43.7 Å². The van der Waals surface area contributed by atoms with E-state index in [2.05, 4.69) is 10.7 Å². The highest BCUT2D eigenvalue weighted by atomic mass is 35.5. The molecule has 2 heterocycles. The number of hydrogen-bond acceptors (Lipinski definition) is 5. The molecule has 174 valence electrons. The number of amides is 4. The van der Waals surface area contributed by atoms with Gasteiger partial charge in [0.25, 0.3) is 11.8 Å². The maximum atomic E-state index is 13.2. The first kappa shape index (κ1) is 23.0. The van der Waals surface area contributed by atoms with Crippen LogP contribution in [0.15, 0.2) is 23.1 Å². The average Bonchev–Trinajstić information content (AvgIpc) is 2.98. The van der Waals surface area contributed by atoms with Gasteiger partial charge in [-0.2, -0.15) is 9.31 Å². The molecule has 1 saturated carbocycles. The molecule has 2 N–H and O–H groups in total. The van der Waals surface area contributed by atoms with Crippen molar-refractivity contribution in [3.63, 3.8) is 0 Å². The Labute approximate surface area is 192 Å². The summed E-state index contributed by atoms with van der Waals surface area (Å²) < 4.78 is 27.7. The number of nitrogens with one attached hydrogen (secondary N) is 2. The average molecular weight is 483 g/mol. The van der Waals surface area contributed by atoms with Gasteiger partial charge in [-0.15, -0.1) is 0 Å². The lowest BCUT2D eigenvalue weighted by Gasteiger charge is -2.30. The van der Waals surface area contributed by atoms with E-state index in [1.807, 2.05) is 0 Å². The van der Waals surface area contributed by atoms with Gasteiger partial charge in [-0.05, 0) is 43.9 Å². The van der Waals surface area contributed by atoms with Crippen LogP contribution in [0.5, 0.6) is 0 Å². The minimum Gasteiger partial charge on any atom is -0.322 e. The second-order valence-corrected chi connectivity index (χ2v) is 10.9. The second-order valence-electron chi connectivity index (χ2n) is 8.62. The van der Waals surface area contributed by atoms with Crippen molar-refractivity contribution in [3.8, 4) is 0 Å². The predicted molar refractivity (Wildman–Crippen MR) is 117 cm³/mol. The highest BCUT2D eigenvalue weighted by Crippen LogP contribution is 2.33. The van der Waals surface area contributed by atoms with Crippen molar-refractivity contribution < 1.29 is 22.8 Å². The van der Waals surface area contributed by atoms with Gasteiger partial charge in [0.2, 0.25) is 10.0 Å². The van der Waals surface area contributed by atoms with Crippen LogP contribution >= 0.6 is 11.6 Å². The predicted octanol–water partition coefficient (Wildman–Crippen LogP) is 2.80. The van der Waals surface area contributed by atoms with E-state index in [9.17, 15) is 22.8 Å². The number of sulfonamides is 1. The van der Waals surface area contributed by atoms with Gasteiger partial charge in [0, 0.05) is 18.7 Å². The van der Waals surface area contributed by atoms with E-state index < -0.39 is 33.4 Å². The standard InChI is InChI=1S/C21H27ClN4O5S/c22-16-9-8-15(14-17(16)32(30,31)25-12-6-1-2-7-13-25)18(27)24-26-19(28)21(23-20(26)29)10-4-3-5-11-21/h8-9,14H,1-7,10-13H2,(H,23,29)(H,24,27). The number of carbonyl (C=O) groups excluding carboxylic acids is 3. The third-order valence-electron chi connectivity index (χ3n) is 6.46. The summed E-state index contributed by atoms with van der Waals surface area (Å²) in [5, 5.41) is 3.43. The molecule has 1 spiro atoms. The summed E-state index contributed by atoms with van der Waals surface area (Å²) in [6.07, 6.45) is 7.18. The third kappa shape index (κ3) is 4.23. The molecule has 9 nitrogen and oxygen atoms in total. The topological polar surface area (TPSA) is 116 Å². The minimum absolute atomic E-state index is 0.00649. The normalized spacial score (nSPS) is 22.0. The molecule has 3 fully saturated rings. The quantitative estimate of drug-likeness (QED) is 0.640. The molecule has 0 bridgehead atoms. The van der Waals surface area contributed by atoms with Crippen molar-refractivity contribution in [2.45, 2.75) is 68.2 Å². The summed E-state index contributed by atoms with van der Waals surface area (Å²) in [4.78, 5) is 38.0. The fraction of sp³-hybridized carbons (Fsp3) is 0.571. The molecule has 1 aliphatic carbocycles. The number of rotatable bonds is 4. The molecular formula is C21H27ClN4O5S. The van der Waals surface area contributed by atoms with E-state index in [0.29, 0.717) is 30.9 Å². The summed E-state index contributed by atoms with van der Waals surface area (Å²) in [6.45, 7) is 0.805. The van der Waals surface area contributed by atoms with E-state index in [4.69, 9.17) is 11.6 Å². The Hall–Kier alpha value is -2.17. The van der Waals surface area contributed by atoms with Crippen LogP contribution in [0, 0.1) is 0 Å². The molecule has 4 amide bonds. The SMILES string of the molecule is O=C(NN1C(=O)NC2(CCCCC2)C1=O)c1ccc(Cl)c(S(=O)(=O)N2CCCCCC2)c1. The summed E-state index contributed by atoms with van der Waals surface area (Å²) in [7, 11) is -3.88. The van der Waals surface area contributed by atoms with Crippen LogP contribution in [-0.2, 0) is 14.8 Å². The molecule has 32 heavy (non-hydrogen) atoms. The highest BCUT2D eigenvalue weighted by Gasteiger charge is 2.52. The van der Waals surface area contributed by atoms with Crippen LogP contribution in [0.2, 0.25) is 5.02 Å². The Kier molecular flexibility index (Phi) is 6.46. The van der Waals surface area contributed by atoms with Crippen LogP contribution < -0.4 is 10.7 Å². The number of hydrazine groups is 1. The van der Waals surface area contributed by atoms with E-state index >= 15 is 0 Å². The summed E-state index contributed by atoms with van der Waals surface area (Å²) in [6, 6.07) is 3.23. The van der Waals surface area contributed by atoms with E-state index in [1.54, 1.807) is 0 Å². The Morgan fingerprint density at radius 2 is 1.62 bits per heavy atom. The van der Waals surface area contributed by atoms with Crippen LogP contribution in [0.4, 0.5) is 4.79 Å². The van der Waals surface area contributed by atoms with Gasteiger partial charge in [-0.25, -0.2) is 13.2 Å². The number of imide groups is 1. The molecule has 3 aliphatic rings.